The number of unbranched alkanes of at least 4 members (excludes halogenated alkanes) is 1. The van der Waals surface area contributed by atoms with Crippen molar-refractivity contribution in [2.45, 2.75) is 77.5 Å². The van der Waals surface area contributed by atoms with Crippen molar-refractivity contribution in [1.82, 2.24) is 20.4 Å². The summed E-state index contributed by atoms with van der Waals surface area (Å²) in [7, 11) is 0. The lowest BCUT2D eigenvalue weighted by Gasteiger charge is -2.46. The fourth-order valence-corrected chi connectivity index (χ4v) is 5.54. The molecule has 0 saturated heterocycles. The SMILES string of the molecule is CCCC[C@H](C(O)C(=O)N[C@H](C)c1ccccc1)N(CC1(COc2nnc(C)cc2-c2ccccc2)CCC1)C(=O)O. The van der Waals surface area contributed by atoms with Crippen LogP contribution < -0.4 is 10.1 Å². The number of hydrogen-bond donors (Lipinski definition) is 3. The van der Waals surface area contributed by atoms with E-state index in [1.54, 1.807) is 0 Å². The third-order valence-electron chi connectivity index (χ3n) is 8.19. The van der Waals surface area contributed by atoms with Crippen LogP contribution in [0.4, 0.5) is 4.79 Å². The second-order valence-corrected chi connectivity index (χ2v) is 11.4. The van der Waals surface area contributed by atoms with Crippen LogP contribution in [0.1, 0.15) is 69.7 Å². The van der Waals surface area contributed by atoms with Crippen molar-refractivity contribution in [3.05, 3.63) is 78.0 Å². The largest absolute Gasteiger partial charge is 0.475 e. The zero-order valence-corrected chi connectivity index (χ0v) is 24.7. The molecule has 0 bridgehead atoms. The van der Waals surface area contributed by atoms with Crippen LogP contribution in [0, 0.1) is 12.3 Å². The number of nitrogens with one attached hydrogen (secondary N) is 1. The number of hydrogen-bond acceptors (Lipinski definition) is 6. The van der Waals surface area contributed by atoms with Gasteiger partial charge in [-0.25, -0.2) is 4.79 Å². The molecule has 3 N–H and O–H groups in total. The van der Waals surface area contributed by atoms with E-state index in [9.17, 15) is 19.8 Å². The van der Waals surface area contributed by atoms with Gasteiger partial charge in [0.05, 0.1) is 24.4 Å². The predicted octanol–water partition coefficient (Wildman–Crippen LogP) is 5.78. The third kappa shape index (κ3) is 7.64. The summed E-state index contributed by atoms with van der Waals surface area (Å²) in [5, 5.41) is 33.0. The van der Waals surface area contributed by atoms with Gasteiger partial charge in [-0.3, -0.25) is 4.79 Å². The van der Waals surface area contributed by atoms with E-state index in [-0.39, 0.29) is 19.2 Å². The Morgan fingerprint density at radius 3 is 2.33 bits per heavy atom. The smallest absolute Gasteiger partial charge is 0.407 e. The van der Waals surface area contributed by atoms with Crippen LogP contribution in [0.15, 0.2) is 66.7 Å². The molecule has 9 nitrogen and oxygen atoms in total. The number of rotatable bonds is 14. The maximum atomic E-state index is 13.2. The molecule has 224 valence electrons. The molecule has 9 heteroatoms. The molecule has 3 aromatic rings. The highest BCUT2D eigenvalue weighted by Crippen LogP contribution is 2.43. The second-order valence-electron chi connectivity index (χ2n) is 11.4. The standard InChI is InChI=1S/C33H42N4O5/c1-4-5-17-28(29(38)30(39)34-24(3)25-13-8-6-9-14-25)37(32(40)41)21-33(18-12-19-33)22-42-31-27(20-23(2)35-36-31)26-15-10-7-11-16-26/h6-11,13-16,20,24,28-29,38H,4-5,12,17-19,21-22H2,1-3H3,(H,34,39)(H,40,41)/t24-,28-,29?/m1/s1. The molecular formula is C33H42N4O5. The molecule has 1 aromatic heterocycles. The molecule has 1 saturated carbocycles. The quantitative estimate of drug-likeness (QED) is 0.223. The van der Waals surface area contributed by atoms with Crippen molar-refractivity contribution in [3.8, 4) is 17.0 Å². The van der Waals surface area contributed by atoms with Crippen LogP contribution >= 0.6 is 0 Å². The Morgan fingerprint density at radius 2 is 1.74 bits per heavy atom. The fraction of sp³-hybridized carbons (Fsp3) is 0.455. The zero-order valence-electron chi connectivity index (χ0n) is 24.7. The molecule has 3 atom stereocenters. The molecule has 1 aliphatic carbocycles. The number of ether oxygens (including phenoxy) is 1. The van der Waals surface area contributed by atoms with Gasteiger partial charge in [-0.15, -0.1) is 5.10 Å². The lowest BCUT2D eigenvalue weighted by molar-refractivity contribution is -0.134. The Bertz CT molecular complexity index is 1320. The van der Waals surface area contributed by atoms with Gasteiger partial charge >= 0.3 is 6.09 Å². The maximum absolute atomic E-state index is 13.2. The van der Waals surface area contributed by atoms with E-state index in [2.05, 4.69) is 15.5 Å². The molecule has 0 radical (unpaired) electrons. The number of carboxylic acid groups (broad SMARTS) is 1. The summed E-state index contributed by atoms with van der Waals surface area (Å²) in [6.07, 6.45) is 1.66. The summed E-state index contributed by atoms with van der Waals surface area (Å²) >= 11 is 0. The first-order valence-corrected chi connectivity index (χ1v) is 14.8. The van der Waals surface area contributed by atoms with E-state index < -0.39 is 29.6 Å². The molecule has 0 aliphatic heterocycles. The second kappa shape index (κ2) is 14.3. The van der Waals surface area contributed by atoms with Crippen LogP contribution in [0.25, 0.3) is 11.1 Å². The molecule has 0 spiro atoms. The van der Waals surface area contributed by atoms with E-state index in [1.165, 1.54) is 4.90 Å². The highest BCUT2D eigenvalue weighted by molar-refractivity contribution is 5.82. The molecule has 4 rings (SSSR count). The number of nitrogens with zero attached hydrogens (tertiary/aromatic N) is 3. The number of benzene rings is 2. The van der Waals surface area contributed by atoms with Gasteiger partial charge in [0.15, 0.2) is 6.10 Å². The minimum Gasteiger partial charge on any atom is -0.475 e. The summed E-state index contributed by atoms with van der Waals surface area (Å²) in [5.74, 6) is -0.183. The number of carbonyl (C=O) groups excluding carboxylic acids is 1. The van der Waals surface area contributed by atoms with Gasteiger partial charge in [-0.05, 0) is 50.3 Å². The van der Waals surface area contributed by atoms with Crippen LogP contribution in [0.2, 0.25) is 0 Å². The van der Waals surface area contributed by atoms with Crippen LogP contribution in [0.5, 0.6) is 5.88 Å². The summed E-state index contributed by atoms with van der Waals surface area (Å²) in [6.45, 7) is 6.12. The van der Waals surface area contributed by atoms with E-state index in [0.29, 0.717) is 18.7 Å². The van der Waals surface area contributed by atoms with Gasteiger partial charge < -0.3 is 25.2 Å². The number of aromatic nitrogens is 2. The summed E-state index contributed by atoms with van der Waals surface area (Å²) in [6, 6.07) is 20.0. The van der Waals surface area contributed by atoms with Crippen LogP contribution in [0.3, 0.4) is 0 Å². The van der Waals surface area contributed by atoms with Gasteiger partial charge in [0.25, 0.3) is 5.91 Å². The normalized spacial score (nSPS) is 16.0. The summed E-state index contributed by atoms with van der Waals surface area (Å²) in [4.78, 5) is 27.1. The van der Waals surface area contributed by atoms with E-state index >= 15 is 0 Å². The Hall–Kier alpha value is -3.98. The summed E-state index contributed by atoms with van der Waals surface area (Å²) < 4.78 is 6.27. The first-order chi connectivity index (χ1) is 20.2. The predicted molar refractivity (Wildman–Crippen MR) is 161 cm³/mol. The molecule has 1 unspecified atom stereocenters. The van der Waals surface area contributed by atoms with E-state index in [1.807, 2.05) is 87.5 Å². The van der Waals surface area contributed by atoms with Crippen molar-refractivity contribution in [1.29, 1.82) is 0 Å². The number of aliphatic hydroxyl groups excluding tert-OH is 1. The third-order valence-corrected chi connectivity index (χ3v) is 8.19. The number of amides is 2. The Balaban J connectivity index is 1.51. The molecule has 1 fully saturated rings. The molecule has 1 aliphatic rings. The lowest BCUT2D eigenvalue weighted by atomic mass is 9.68. The lowest BCUT2D eigenvalue weighted by Crippen LogP contribution is -2.57. The average molecular weight is 575 g/mol. The van der Waals surface area contributed by atoms with Crippen molar-refractivity contribution < 1.29 is 24.5 Å². The molecule has 1 heterocycles. The minimum absolute atomic E-state index is 0.148. The van der Waals surface area contributed by atoms with E-state index in [4.69, 9.17) is 4.74 Å². The molecule has 2 amide bonds. The first kappa shape index (κ1) is 31.0. The van der Waals surface area contributed by atoms with Gasteiger partial charge in [-0.2, -0.15) is 5.10 Å². The Morgan fingerprint density at radius 1 is 1.07 bits per heavy atom. The van der Waals surface area contributed by atoms with Crippen molar-refractivity contribution in [2.75, 3.05) is 13.2 Å². The average Bonchev–Trinajstić information content (AvgIpc) is 2.98. The highest BCUT2D eigenvalue weighted by atomic mass is 16.5. The first-order valence-electron chi connectivity index (χ1n) is 14.8. The Labute approximate surface area is 247 Å². The Kier molecular flexibility index (Phi) is 10.5. The number of aryl methyl sites for hydroxylation is 1. The van der Waals surface area contributed by atoms with Crippen molar-refractivity contribution >= 4 is 12.0 Å². The topological polar surface area (TPSA) is 125 Å². The van der Waals surface area contributed by atoms with Gasteiger partial charge in [-0.1, -0.05) is 86.8 Å². The fourth-order valence-electron chi connectivity index (χ4n) is 5.54. The van der Waals surface area contributed by atoms with Crippen LogP contribution in [-0.2, 0) is 4.79 Å². The minimum atomic E-state index is -1.51. The van der Waals surface area contributed by atoms with Crippen LogP contribution in [-0.4, -0.2) is 62.6 Å². The summed E-state index contributed by atoms with van der Waals surface area (Å²) in [5.41, 5.74) is 2.99. The highest BCUT2D eigenvalue weighted by Gasteiger charge is 2.44. The van der Waals surface area contributed by atoms with Gasteiger partial charge in [0.1, 0.15) is 0 Å². The monoisotopic (exact) mass is 574 g/mol. The molecule has 2 aromatic carbocycles. The van der Waals surface area contributed by atoms with E-state index in [0.717, 1.165) is 48.1 Å². The number of carbonyl (C=O) groups is 2. The molecular weight excluding hydrogens is 532 g/mol. The van der Waals surface area contributed by atoms with Crippen molar-refractivity contribution in [2.24, 2.45) is 5.41 Å². The molecule has 42 heavy (non-hydrogen) atoms. The maximum Gasteiger partial charge on any atom is 0.407 e. The van der Waals surface area contributed by atoms with Gasteiger partial charge in [0, 0.05) is 17.5 Å². The van der Waals surface area contributed by atoms with Crippen molar-refractivity contribution in [3.63, 3.8) is 0 Å². The van der Waals surface area contributed by atoms with Gasteiger partial charge in [0.2, 0.25) is 5.88 Å². The number of aliphatic hydroxyl groups is 1. The zero-order chi connectivity index (χ0) is 30.1.